The summed E-state index contributed by atoms with van der Waals surface area (Å²) in [6.07, 6.45) is 2.28. The van der Waals surface area contributed by atoms with Crippen molar-refractivity contribution in [1.29, 1.82) is 0 Å². The van der Waals surface area contributed by atoms with Crippen molar-refractivity contribution in [2.75, 3.05) is 0 Å². The van der Waals surface area contributed by atoms with E-state index in [9.17, 15) is 0 Å². The number of nitrogens with two attached hydrogens (primary N) is 1. The maximum Gasteiger partial charge on any atom is 0.138 e. The van der Waals surface area contributed by atoms with Crippen molar-refractivity contribution >= 4 is 15.9 Å². The van der Waals surface area contributed by atoms with Crippen LogP contribution in [-0.4, -0.2) is 14.8 Å². The summed E-state index contributed by atoms with van der Waals surface area (Å²) in [5.74, 6) is 6.67. The zero-order valence-corrected chi connectivity index (χ0v) is 13.6. The van der Waals surface area contributed by atoms with Gasteiger partial charge in [-0.25, -0.2) is 9.67 Å². The summed E-state index contributed by atoms with van der Waals surface area (Å²) in [5, 5.41) is 4.26. The molecule has 0 radical (unpaired) electrons. The van der Waals surface area contributed by atoms with Gasteiger partial charge in [-0.05, 0) is 32.4 Å². The van der Waals surface area contributed by atoms with E-state index in [2.05, 4.69) is 64.3 Å². The molecule has 0 aliphatic rings. The highest BCUT2D eigenvalue weighted by Gasteiger charge is 2.18. The van der Waals surface area contributed by atoms with Gasteiger partial charge >= 0.3 is 0 Å². The first-order chi connectivity index (χ1) is 9.52. The normalized spacial score (nSPS) is 12.9. The molecule has 1 aromatic heterocycles. The Bertz CT molecular complexity index is 579. The molecule has 0 bridgehead atoms. The van der Waals surface area contributed by atoms with Crippen molar-refractivity contribution in [2.45, 2.75) is 39.3 Å². The zero-order valence-electron chi connectivity index (χ0n) is 12.0. The maximum atomic E-state index is 5.74. The Morgan fingerprint density at radius 1 is 1.40 bits per heavy atom. The lowest BCUT2D eigenvalue weighted by Crippen LogP contribution is -2.31. The standard InChI is InChI=1S/C14H20BrN5/c1-9(2)20-14(17-8-18-20)7-13(19-16)11-6-10(3)4-5-12(11)15/h4-6,8-9,13,19H,7,16H2,1-3H3. The fraction of sp³-hybridized carbons (Fsp3) is 0.429. The largest absolute Gasteiger partial charge is 0.271 e. The highest BCUT2D eigenvalue weighted by atomic mass is 79.9. The highest BCUT2D eigenvalue weighted by Crippen LogP contribution is 2.26. The third-order valence-corrected chi connectivity index (χ3v) is 3.97. The quantitative estimate of drug-likeness (QED) is 0.650. The molecule has 0 saturated carbocycles. The van der Waals surface area contributed by atoms with E-state index >= 15 is 0 Å². The number of aryl methyl sites for hydroxylation is 1. The molecule has 0 spiro atoms. The first-order valence-electron chi connectivity index (χ1n) is 6.63. The third-order valence-electron chi connectivity index (χ3n) is 3.25. The van der Waals surface area contributed by atoms with Crippen LogP contribution in [-0.2, 0) is 6.42 Å². The van der Waals surface area contributed by atoms with Gasteiger partial charge in [-0.1, -0.05) is 33.6 Å². The van der Waals surface area contributed by atoms with Crippen LogP contribution in [0.25, 0.3) is 0 Å². The predicted molar refractivity (Wildman–Crippen MR) is 83.1 cm³/mol. The molecule has 0 saturated heterocycles. The molecule has 2 rings (SSSR count). The second-order valence-electron chi connectivity index (χ2n) is 5.16. The zero-order chi connectivity index (χ0) is 14.7. The minimum atomic E-state index is -0.00836. The van der Waals surface area contributed by atoms with Crippen molar-refractivity contribution in [1.82, 2.24) is 20.2 Å². The molecule has 6 heteroatoms. The number of hydrogen-bond donors (Lipinski definition) is 2. The summed E-state index contributed by atoms with van der Waals surface area (Å²) in [4.78, 5) is 4.34. The van der Waals surface area contributed by atoms with E-state index in [1.807, 2.05) is 10.7 Å². The molecule has 0 fully saturated rings. The Hall–Kier alpha value is -1.24. The predicted octanol–water partition coefficient (Wildman–Crippen LogP) is 2.68. The van der Waals surface area contributed by atoms with Gasteiger partial charge in [0.05, 0.1) is 6.04 Å². The average molecular weight is 338 g/mol. The molecule has 108 valence electrons. The number of nitrogens with zero attached hydrogens (tertiary/aromatic N) is 3. The fourth-order valence-corrected chi connectivity index (χ4v) is 2.75. The second kappa shape index (κ2) is 6.47. The summed E-state index contributed by atoms with van der Waals surface area (Å²) in [7, 11) is 0. The SMILES string of the molecule is Cc1ccc(Br)c(C(Cc2ncnn2C(C)C)NN)c1. The van der Waals surface area contributed by atoms with Gasteiger partial charge in [0.2, 0.25) is 0 Å². The molecule has 1 atom stereocenters. The van der Waals surface area contributed by atoms with Gasteiger partial charge in [0.25, 0.3) is 0 Å². The molecule has 2 aromatic rings. The molecular weight excluding hydrogens is 318 g/mol. The highest BCUT2D eigenvalue weighted by molar-refractivity contribution is 9.10. The van der Waals surface area contributed by atoms with Gasteiger partial charge in [-0.2, -0.15) is 5.10 Å². The Balaban J connectivity index is 2.29. The van der Waals surface area contributed by atoms with E-state index < -0.39 is 0 Å². The van der Waals surface area contributed by atoms with Crippen molar-refractivity contribution in [3.05, 3.63) is 46.0 Å². The number of rotatable bonds is 5. The van der Waals surface area contributed by atoms with E-state index in [1.165, 1.54) is 5.56 Å². The van der Waals surface area contributed by atoms with Crippen LogP contribution in [0.1, 0.15) is 42.9 Å². The summed E-state index contributed by atoms with van der Waals surface area (Å²) in [6, 6.07) is 6.52. The van der Waals surface area contributed by atoms with Crippen molar-refractivity contribution in [3.63, 3.8) is 0 Å². The Morgan fingerprint density at radius 2 is 2.15 bits per heavy atom. The molecule has 20 heavy (non-hydrogen) atoms. The Kier molecular flexibility index (Phi) is 4.91. The van der Waals surface area contributed by atoms with Gasteiger partial charge in [0.15, 0.2) is 0 Å². The Labute approximate surface area is 127 Å². The van der Waals surface area contributed by atoms with Crippen molar-refractivity contribution < 1.29 is 0 Å². The molecule has 0 aliphatic carbocycles. The van der Waals surface area contributed by atoms with Gasteiger partial charge in [-0.3, -0.25) is 11.3 Å². The molecular formula is C14H20BrN5. The maximum absolute atomic E-state index is 5.74. The van der Waals surface area contributed by atoms with Crippen LogP contribution in [0.3, 0.4) is 0 Å². The second-order valence-corrected chi connectivity index (χ2v) is 6.02. The van der Waals surface area contributed by atoms with E-state index in [0.717, 1.165) is 15.9 Å². The van der Waals surface area contributed by atoms with Crippen LogP contribution in [0.5, 0.6) is 0 Å². The summed E-state index contributed by atoms with van der Waals surface area (Å²) >= 11 is 3.59. The lowest BCUT2D eigenvalue weighted by Gasteiger charge is -2.19. The number of hydrazine groups is 1. The molecule has 3 N–H and O–H groups in total. The smallest absolute Gasteiger partial charge is 0.138 e. The number of halogens is 1. The van der Waals surface area contributed by atoms with Gasteiger partial charge in [0.1, 0.15) is 12.2 Å². The van der Waals surface area contributed by atoms with Crippen molar-refractivity contribution in [3.8, 4) is 0 Å². The van der Waals surface area contributed by atoms with Gasteiger partial charge in [-0.15, -0.1) is 0 Å². The van der Waals surface area contributed by atoms with Crippen LogP contribution in [0, 0.1) is 6.92 Å². The van der Waals surface area contributed by atoms with Gasteiger partial charge < -0.3 is 0 Å². The van der Waals surface area contributed by atoms with Crippen LogP contribution in [0.15, 0.2) is 29.0 Å². The van der Waals surface area contributed by atoms with Crippen LogP contribution in [0.4, 0.5) is 0 Å². The number of benzene rings is 1. The lowest BCUT2D eigenvalue weighted by atomic mass is 10.0. The molecule has 1 heterocycles. The summed E-state index contributed by atoms with van der Waals surface area (Å²) in [6.45, 7) is 6.25. The topological polar surface area (TPSA) is 68.8 Å². The lowest BCUT2D eigenvalue weighted by molar-refractivity contribution is 0.468. The third kappa shape index (κ3) is 3.26. The first-order valence-corrected chi connectivity index (χ1v) is 7.42. The first kappa shape index (κ1) is 15.2. The van der Waals surface area contributed by atoms with Crippen LogP contribution >= 0.6 is 15.9 Å². The number of aromatic nitrogens is 3. The monoisotopic (exact) mass is 337 g/mol. The van der Waals surface area contributed by atoms with E-state index in [-0.39, 0.29) is 12.1 Å². The molecule has 0 amide bonds. The van der Waals surface area contributed by atoms with Gasteiger partial charge in [0, 0.05) is 16.9 Å². The molecule has 5 nitrogen and oxygen atoms in total. The van der Waals surface area contributed by atoms with Crippen molar-refractivity contribution in [2.24, 2.45) is 5.84 Å². The minimum absolute atomic E-state index is 0.00836. The van der Waals surface area contributed by atoms with E-state index in [4.69, 9.17) is 5.84 Å². The fourth-order valence-electron chi connectivity index (χ4n) is 2.22. The Morgan fingerprint density at radius 3 is 2.80 bits per heavy atom. The van der Waals surface area contributed by atoms with Crippen LogP contribution < -0.4 is 11.3 Å². The van der Waals surface area contributed by atoms with E-state index in [1.54, 1.807) is 6.33 Å². The van der Waals surface area contributed by atoms with E-state index in [0.29, 0.717) is 6.42 Å². The molecule has 1 aromatic carbocycles. The molecule has 0 aliphatic heterocycles. The average Bonchev–Trinajstić information content (AvgIpc) is 2.87. The number of hydrogen-bond acceptors (Lipinski definition) is 4. The minimum Gasteiger partial charge on any atom is -0.271 e. The summed E-state index contributed by atoms with van der Waals surface area (Å²) < 4.78 is 2.97. The number of nitrogens with one attached hydrogen (secondary N) is 1. The summed E-state index contributed by atoms with van der Waals surface area (Å²) in [5.41, 5.74) is 5.21. The molecule has 1 unspecified atom stereocenters. The van der Waals surface area contributed by atoms with Crippen LogP contribution in [0.2, 0.25) is 0 Å².